The van der Waals surface area contributed by atoms with Crippen molar-refractivity contribution in [1.82, 2.24) is 4.90 Å². The van der Waals surface area contributed by atoms with Crippen LogP contribution in [-0.4, -0.2) is 22.5 Å². The first-order chi connectivity index (χ1) is 7.65. The first kappa shape index (κ1) is 11.4. The highest BCUT2D eigenvalue weighted by Gasteiger charge is 2.18. The Morgan fingerprint density at radius 1 is 1.38 bits per heavy atom. The number of carbonyl (C=O) groups is 1. The Balaban J connectivity index is 1.88. The topological polar surface area (TPSA) is 40.5 Å². The molecule has 0 unspecified atom stereocenters. The van der Waals surface area contributed by atoms with Crippen molar-refractivity contribution in [3.63, 3.8) is 0 Å². The summed E-state index contributed by atoms with van der Waals surface area (Å²) in [6.07, 6.45) is 0.949. The molecule has 2 rings (SSSR count). The molecule has 0 fully saturated rings. The maximum atomic E-state index is 10.4. The number of halogens is 1. The van der Waals surface area contributed by atoms with Crippen LogP contribution in [0.4, 0.5) is 0 Å². The molecule has 1 aromatic carbocycles. The Morgan fingerprint density at radius 2 is 2.12 bits per heavy atom. The average molecular weight is 240 g/mol. The minimum Gasteiger partial charge on any atom is -0.481 e. The molecule has 86 valence electrons. The molecule has 0 aromatic heterocycles. The molecular weight excluding hydrogens is 226 g/mol. The van der Waals surface area contributed by atoms with Gasteiger partial charge >= 0.3 is 5.97 Å². The van der Waals surface area contributed by atoms with Gasteiger partial charge in [-0.2, -0.15) is 0 Å². The number of carboxylic acid groups (broad SMARTS) is 1. The van der Waals surface area contributed by atoms with Crippen LogP contribution in [0.5, 0.6) is 0 Å². The summed E-state index contributed by atoms with van der Waals surface area (Å²) < 4.78 is 0. The van der Waals surface area contributed by atoms with Crippen molar-refractivity contribution in [2.75, 3.05) is 6.54 Å². The molecule has 1 N–H and O–H groups in total. The molecule has 0 spiro atoms. The number of aliphatic carboxylic acids is 1. The van der Waals surface area contributed by atoms with Crippen molar-refractivity contribution in [1.29, 1.82) is 0 Å². The van der Waals surface area contributed by atoms with Crippen molar-refractivity contribution >= 4 is 17.6 Å². The second-order valence-corrected chi connectivity index (χ2v) is 4.56. The van der Waals surface area contributed by atoms with E-state index in [9.17, 15) is 4.79 Å². The van der Waals surface area contributed by atoms with E-state index < -0.39 is 5.97 Å². The monoisotopic (exact) mass is 239 g/mol. The fourth-order valence-electron chi connectivity index (χ4n) is 2.05. The van der Waals surface area contributed by atoms with Crippen LogP contribution in [0, 0.1) is 0 Å². The maximum absolute atomic E-state index is 10.4. The van der Waals surface area contributed by atoms with Gasteiger partial charge in [-0.1, -0.05) is 17.7 Å². The van der Waals surface area contributed by atoms with Crippen molar-refractivity contribution in [3.05, 3.63) is 34.3 Å². The molecule has 3 nitrogen and oxygen atoms in total. The predicted octanol–water partition coefficient (Wildman–Crippen LogP) is 2.52. The highest BCUT2D eigenvalue weighted by molar-refractivity contribution is 6.30. The molecule has 1 aliphatic rings. The lowest BCUT2D eigenvalue weighted by Gasteiger charge is -2.13. The van der Waals surface area contributed by atoms with Crippen molar-refractivity contribution < 1.29 is 9.90 Å². The van der Waals surface area contributed by atoms with Gasteiger partial charge in [-0.3, -0.25) is 9.69 Å². The molecule has 1 aliphatic heterocycles. The molecule has 0 atom stereocenters. The smallest absolute Gasteiger partial charge is 0.303 e. The standard InChI is InChI=1S/C12H14ClNO2/c13-11-4-3-9-7-14(8-10(9)6-11)5-1-2-12(15)16/h3-4,6H,1-2,5,7-8H2,(H,15,16). The zero-order valence-corrected chi connectivity index (χ0v) is 9.70. The quantitative estimate of drug-likeness (QED) is 0.878. The minimum atomic E-state index is -0.722. The van der Waals surface area contributed by atoms with E-state index >= 15 is 0 Å². The van der Waals surface area contributed by atoms with Crippen LogP contribution in [0.2, 0.25) is 5.02 Å². The predicted molar refractivity (Wildman–Crippen MR) is 62.4 cm³/mol. The molecule has 0 radical (unpaired) electrons. The van der Waals surface area contributed by atoms with E-state index in [0.29, 0.717) is 6.42 Å². The van der Waals surface area contributed by atoms with Crippen molar-refractivity contribution in [2.45, 2.75) is 25.9 Å². The second-order valence-electron chi connectivity index (χ2n) is 4.12. The molecule has 16 heavy (non-hydrogen) atoms. The third kappa shape index (κ3) is 2.74. The van der Waals surface area contributed by atoms with E-state index in [4.69, 9.17) is 16.7 Å². The van der Waals surface area contributed by atoms with Gasteiger partial charge in [0.15, 0.2) is 0 Å². The van der Waals surface area contributed by atoms with Crippen LogP contribution in [0.1, 0.15) is 24.0 Å². The highest BCUT2D eigenvalue weighted by atomic mass is 35.5. The van der Waals surface area contributed by atoms with E-state index in [2.05, 4.69) is 11.0 Å². The largest absolute Gasteiger partial charge is 0.481 e. The van der Waals surface area contributed by atoms with Gasteiger partial charge in [0, 0.05) is 24.5 Å². The summed E-state index contributed by atoms with van der Waals surface area (Å²) >= 11 is 5.92. The van der Waals surface area contributed by atoms with E-state index in [-0.39, 0.29) is 6.42 Å². The number of rotatable bonds is 4. The van der Waals surface area contributed by atoms with Crippen LogP contribution in [0.25, 0.3) is 0 Å². The minimum absolute atomic E-state index is 0.244. The van der Waals surface area contributed by atoms with Gasteiger partial charge in [-0.25, -0.2) is 0 Å². The van der Waals surface area contributed by atoms with Crippen molar-refractivity contribution in [3.8, 4) is 0 Å². The zero-order valence-electron chi connectivity index (χ0n) is 8.95. The molecule has 1 heterocycles. The Kier molecular flexibility index (Phi) is 3.46. The first-order valence-corrected chi connectivity index (χ1v) is 5.74. The van der Waals surface area contributed by atoms with Crippen molar-refractivity contribution in [2.24, 2.45) is 0 Å². The Bertz CT molecular complexity index is 406. The van der Waals surface area contributed by atoms with Gasteiger partial charge in [-0.05, 0) is 36.2 Å². The Labute approximate surface area is 99.6 Å². The maximum Gasteiger partial charge on any atom is 0.303 e. The van der Waals surface area contributed by atoms with Crippen LogP contribution < -0.4 is 0 Å². The zero-order chi connectivity index (χ0) is 11.5. The molecule has 0 bridgehead atoms. The number of benzene rings is 1. The summed E-state index contributed by atoms with van der Waals surface area (Å²) in [5.41, 5.74) is 2.57. The summed E-state index contributed by atoms with van der Waals surface area (Å²) in [7, 11) is 0. The summed E-state index contributed by atoms with van der Waals surface area (Å²) in [6, 6.07) is 5.95. The van der Waals surface area contributed by atoms with Crippen LogP contribution in [0.3, 0.4) is 0 Å². The molecular formula is C12H14ClNO2. The number of nitrogens with zero attached hydrogens (tertiary/aromatic N) is 1. The molecule has 0 amide bonds. The van der Waals surface area contributed by atoms with E-state index in [0.717, 1.165) is 24.7 Å². The number of fused-ring (bicyclic) bond motifs is 1. The first-order valence-electron chi connectivity index (χ1n) is 5.36. The Hall–Kier alpha value is -1.06. The highest BCUT2D eigenvalue weighted by Crippen LogP contribution is 2.25. The third-order valence-corrected chi connectivity index (χ3v) is 3.06. The lowest BCUT2D eigenvalue weighted by atomic mass is 10.1. The second kappa shape index (κ2) is 4.85. The summed E-state index contributed by atoms with van der Waals surface area (Å²) in [6.45, 7) is 2.63. The summed E-state index contributed by atoms with van der Waals surface area (Å²) in [5, 5.41) is 9.33. The SMILES string of the molecule is O=C(O)CCCN1Cc2ccc(Cl)cc2C1. The summed E-state index contributed by atoms with van der Waals surface area (Å²) in [5.74, 6) is -0.722. The molecule has 4 heteroatoms. The molecule has 0 saturated heterocycles. The van der Waals surface area contributed by atoms with Gasteiger partial charge in [-0.15, -0.1) is 0 Å². The van der Waals surface area contributed by atoms with Gasteiger partial charge in [0.2, 0.25) is 0 Å². The van der Waals surface area contributed by atoms with Crippen LogP contribution in [0.15, 0.2) is 18.2 Å². The number of hydrogen-bond donors (Lipinski definition) is 1. The fourth-order valence-corrected chi connectivity index (χ4v) is 2.24. The van der Waals surface area contributed by atoms with Gasteiger partial charge in [0.25, 0.3) is 0 Å². The fraction of sp³-hybridized carbons (Fsp3) is 0.417. The normalized spacial score (nSPS) is 15.1. The van der Waals surface area contributed by atoms with Gasteiger partial charge in [0.1, 0.15) is 0 Å². The van der Waals surface area contributed by atoms with Gasteiger partial charge < -0.3 is 5.11 Å². The molecule has 0 aliphatic carbocycles. The average Bonchev–Trinajstić information content (AvgIpc) is 2.58. The lowest BCUT2D eigenvalue weighted by Crippen LogP contribution is -2.18. The third-order valence-electron chi connectivity index (χ3n) is 2.82. The number of carboxylic acids is 1. The van der Waals surface area contributed by atoms with Crippen LogP contribution in [-0.2, 0) is 17.9 Å². The molecule has 1 aromatic rings. The van der Waals surface area contributed by atoms with E-state index in [1.54, 1.807) is 0 Å². The lowest BCUT2D eigenvalue weighted by molar-refractivity contribution is -0.137. The number of hydrogen-bond acceptors (Lipinski definition) is 2. The van der Waals surface area contributed by atoms with Crippen LogP contribution >= 0.6 is 11.6 Å². The van der Waals surface area contributed by atoms with E-state index in [1.807, 2.05) is 12.1 Å². The van der Waals surface area contributed by atoms with E-state index in [1.165, 1.54) is 11.1 Å². The van der Waals surface area contributed by atoms with Gasteiger partial charge in [0.05, 0.1) is 0 Å². The molecule has 0 saturated carbocycles. The summed E-state index contributed by atoms with van der Waals surface area (Å²) in [4.78, 5) is 12.7. The Morgan fingerprint density at radius 3 is 2.88 bits per heavy atom.